The largest absolute Gasteiger partial charge is 0.506 e. The molecule has 3 rings (SSSR count). The van der Waals surface area contributed by atoms with E-state index >= 15 is 0 Å². The second-order valence-electron chi connectivity index (χ2n) is 5.68. The summed E-state index contributed by atoms with van der Waals surface area (Å²) in [5.41, 5.74) is 2.18. The van der Waals surface area contributed by atoms with Crippen LogP contribution in [0.3, 0.4) is 0 Å². The van der Waals surface area contributed by atoms with E-state index in [-0.39, 0.29) is 22.9 Å². The van der Waals surface area contributed by atoms with Crippen LogP contribution < -0.4 is 10.9 Å². The Morgan fingerprint density at radius 3 is 2.86 bits per heavy atom. The molecule has 0 saturated carbocycles. The van der Waals surface area contributed by atoms with Gasteiger partial charge in [-0.25, -0.2) is 0 Å². The minimum atomic E-state index is -0.242. The van der Waals surface area contributed by atoms with E-state index < -0.39 is 0 Å². The van der Waals surface area contributed by atoms with Crippen molar-refractivity contribution in [2.45, 2.75) is 19.9 Å². The molecule has 0 aliphatic carbocycles. The summed E-state index contributed by atoms with van der Waals surface area (Å²) < 4.78 is 1.55. The number of para-hydroxylation sites is 1. The number of nitrogens with one attached hydrogen (secondary N) is 1. The third-order valence-electron chi connectivity index (χ3n) is 3.92. The van der Waals surface area contributed by atoms with Gasteiger partial charge in [0, 0.05) is 24.7 Å². The van der Waals surface area contributed by atoms with E-state index in [0.717, 1.165) is 5.70 Å². The maximum absolute atomic E-state index is 12.7. The topological polar surface area (TPSA) is 66.6 Å². The molecule has 1 aromatic carbocycles. The van der Waals surface area contributed by atoms with E-state index in [9.17, 15) is 9.90 Å². The third-order valence-corrected chi connectivity index (χ3v) is 3.92. The van der Waals surface area contributed by atoms with Gasteiger partial charge in [-0.2, -0.15) is 0 Å². The molecule has 22 heavy (non-hydrogen) atoms. The first-order valence-corrected chi connectivity index (χ1v) is 7.30. The Balaban J connectivity index is 2.36. The van der Waals surface area contributed by atoms with Crippen molar-refractivity contribution >= 4 is 16.6 Å². The van der Waals surface area contributed by atoms with Crippen LogP contribution in [-0.4, -0.2) is 28.0 Å². The Labute approximate surface area is 128 Å². The normalized spacial score (nSPS) is 18.4. The summed E-state index contributed by atoms with van der Waals surface area (Å²) in [6, 6.07) is 7.35. The average molecular weight is 297 g/mol. The summed E-state index contributed by atoms with van der Waals surface area (Å²) >= 11 is 0. The highest BCUT2D eigenvalue weighted by Gasteiger charge is 2.20. The smallest absolute Gasteiger partial charge is 0.264 e. The second-order valence-corrected chi connectivity index (χ2v) is 5.68. The van der Waals surface area contributed by atoms with Crippen molar-refractivity contribution in [3.63, 3.8) is 0 Å². The first kappa shape index (κ1) is 14.4. The van der Waals surface area contributed by atoms with Crippen molar-refractivity contribution in [2.24, 2.45) is 12.0 Å². The predicted octanol–water partition coefficient (Wildman–Crippen LogP) is 1.93. The Kier molecular flexibility index (Phi) is 3.48. The minimum absolute atomic E-state index is 0.00407. The van der Waals surface area contributed by atoms with Crippen molar-refractivity contribution in [1.82, 2.24) is 9.88 Å². The Bertz CT molecular complexity index is 862. The number of fused-ring (bicyclic) bond motifs is 1. The van der Waals surface area contributed by atoms with E-state index in [1.807, 2.05) is 44.2 Å². The molecule has 2 heterocycles. The van der Waals surface area contributed by atoms with E-state index in [2.05, 4.69) is 10.3 Å². The van der Waals surface area contributed by atoms with Crippen molar-refractivity contribution in [3.8, 4) is 5.75 Å². The zero-order valence-corrected chi connectivity index (χ0v) is 12.9. The molecule has 0 fully saturated rings. The van der Waals surface area contributed by atoms with Crippen LogP contribution in [-0.2, 0) is 7.05 Å². The minimum Gasteiger partial charge on any atom is -0.506 e. The number of aromatic nitrogens is 1. The van der Waals surface area contributed by atoms with Crippen LogP contribution in [0.4, 0.5) is 0 Å². The maximum atomic E-state index is 12.7. The van der Waals surface area contributed by atoms with Gasteiger partial charge in [-0.05, 0) is 32.1 Å². The molecule has 5 heteroatoms. The fourth-order valence-corrected chi connectivity index (χ4v) is 2.73. The number of benzene rings is 1. The van der Waals surface area contributed by atoms with E-state index in [1.165, 1.54) is 0 Å². The summed E-state index contributed by atoms with van der Waals surface area (Å²) in [7, 11) is 1.71. The number of nitrogens with zero attached hydrogens (tertiary/aromatic N) is 2. The fourth-order valence-electron chi connectivity index (χ4n) is 2.73. The molecule has 1 atom stereocenters. The van der Waals surface area contributed by atoms with Crippen LogP contribution in [0, 0.1) is 0 Å². The van der Waals surface area contributed by atoms with Crippen LogP contribution in [0.2, 0.25) is 0 Å². The summed E-state index contributed by atoms with van der Waals surface area (Å²) in [5.74, 6) is -0.00407. The highest BCUT2D eigenvalue weighted by molar-refractivity contribution is 6.13. The number of pyridine rings is 1. The quantitative estimate of drug-likeness (QED) is 0.845. The lowest BCUT2D eigenvalue weighted by Gasteiger charge is -2.12. The van der Waals surface area contributed by atoms with Crippen molar-refractivity contribution < 1.29 is 5.11 Å². The molecule has 1 aliphatic rings. The van der Waals surface area contributed by atoms with Crippen LogP contribution in [0.15, 0.2) is 45.8 Å². The molecule has 2 N–H and O–H groups in total. The summed E-state index contributed by atoms with van der Waals surface area (Å²) in [6.45, 7) is 4.61. The Morgan fingerprint density at radius 2 is 2.09 bits per heavy atom. The molecular weight excluding hydrogens is 278 g/mol. The zero-order chi connectivity index (χ0) is 15.9. The first-order valence-electron chi connectivity index (χ1n) is 7.30. The predicted molar refractivity (Wildman–Crippen MR) is 88.6 cm³/mol. The van der Waals surface area contributed by atoms with Gasteiger partial charge in [0.1, 0.15) is 11.3 Å². The summed E-state index contributed by atoms with van der Waals surface area (Å²) in [5, 5.41) is 14.5. The molecule has 0 saturated heterocycles. The zero-order valence-electron chi connectivity index (χ0n) is 12.9. The molecule has 1 aromatic heterocycles. The number of aryl methyl sites for hydroxylation is 1. The SMILES string of the molecule is CC1=CC(c2c(O)c3ccccc3n(C)c2=O)=NC(C)CN1. The van der Waals surface area contributed by atoms with Gasteiger partial charge in [0.2, 0.25) is 0 Å². The van der Waals surface area contributed by atoms with Crippen molar-refractivity contribution in [1.29, 1.82) is 0 Å². The van der Waals surface area contributed by atoms with E-state index in [4.69, 9.17) is 0 Å². The van der Waals surface area contributed by atoms with E-state index in [0.29, 0.717) is 23.2 Å². The molecule has 1 unspecified atom stereocenters. The van der Waals surface area contributed by atoms with Gasteiger partial charge in [0.05, 0.1) is 17.3 Å². The lowest BCUT2D eigenvalue weighted by molar-refractivity contribution is 0.478. The fraction of sp³-hybridized carbons (Fsp3) is 0.294. The van der Waals surface area contributed by atoms with Gasteiger partial charge in [-0.15, -0.1) is 0 Å². The molecule has 0 spiro atoms. The molecule has 0 bridgehead atoms. The number of aromatic hydroxyl groups is 1. The van der Waals surface area contributed by atoms with Crippen LogP contribution in [0.5, 0.6) is 5.75 Å². The lowest BCUT2D eigenvalue weighted by Crippen LogP contribution is -2.25. The average Bonchev–Trinajstić information content (AvgIpc) is 2.66. The van der Waals surface area contributed by atoms with Gasteiger partial charge < -0.3 is 15.0 Å². The lowest BCUT2D eigenvalue weighted by atomic mass is 10.1. The van der Waals surface area contributed by atoms with Gasteiger partial charge in [-0.3, -0.25) is 9.79 Å². The number of rotatable bonds is 1. The highest BCUT2D eigenvalue weighted by Crippen LogP contribution is 2.27. The molecule has 0 amide bonds. The molecule has 2 aromatic rings. The third kappa shape index (κ3) is 2.28. The van der Waals surface area contributed by atoms with Crippen molar-refractivity contribution in [2.75, 3.05) is 6.54 Å². The molecule has 1 aliphatic heterocycles. The van der Waals surface area contributed by atoms with Crippen LogP contribution in [0.25, 0.3) is 10.9 Å². The van der Waals surface area contributed by atoms with Crippen LogP contribution in [0.1, 0.15) is 19.4 Å². The van der Waals surface area contributed by atoms with Gasteiger partial charge in [-0.1, -0.05) is 12.1 Å². The Hall–Kier alpha value is -2.56. The maximum Gasteiger partial charge on any atom is 0.264 e. The van der Waals surface area contributed by atoms with Gasteiger partial charge in [0.15, 0.2) is 0 Å². The summed E-state index contributed by atoms with van der Waals surface area (Å²) in [6.07, 6.45) is 1.81. The number of hydrogen-bond acceptors (Lipinski definition) is 4. The number of aliphatic imine (C=N–C) groups is 1. The van der Waals surface area contributed by atoms with E-state index in [1.54, 1.807) is 11.6 Å². The van der Waals surface area contributed by atoms with Crippen molar-refractivity contribution in [3.05, 3.63) is 52.0 Å². The molecule has 0 radical (unpaired) electrons. The molecular formula is C17H19N3O2. The van der Waals surface area contributed by atoms with Gasteiger partial charge in [0.25, 0.3) is 5.56 Å². The summed E-state index contributed by atoms with van der Waals surface area (Å²) in [4.78, 5) is 17.3. The number of allylic oxidation sites excluding steroid dienone is 2. The van der Waals surface area contributed by atoms with Gasteiger partial charge >= 0.3 is 0 Å². The van der Waals surface area contributed by atoms with Crippen LogP contribution >= 0.6 is 0 Å². The highest BCUT2D eigenvalue weighted by atomic mass is 16.3. The number of hydrogen-bond donors (Lipinski definition) is 2. The second kappa shape index (κ2) is 5.33. The Morgan fingerprint density at radius 1 is 1.36 bits per heavy atom. The molecule has 114 valence electrons. The standard InChI is InChI=1S/C17H19N3O2/c1-10-8-13(19-11(2)9-18-10)15-16(21)12-6-4-5-7-14(12)20(3)17(15)22/h4-8,11,18,21H,9H2,1-3H3. The molecule has 5 nitrogen and oxygen atoms in total. The first-order chi connectivity index (χ1) is 10.5. The monoisotopic (exact) mass is 297 g/mol.